The molecule has 8 rings (SSSR count). The molecule has 0 aliphatic rings. The van der Waals surface area contributed by atoms with Crippen LogP contribution in [0.4, 0.5) is 0 Å². The smallest absolute Gasteiger partial charge is 0.193 e. The summed E-state index contributed by atoms with van der Waals surface area (Å²) in [6, 6.07) is 64.5. The largest absolute Gasteiger partial charge is 1.00 e. The second-order valence-electron chi connectivity index (χ2n) is 12.3. The summed E-state index contributed by atoms with van der Waals surface area (Å²) in [6.07, 6.45) is 6.31. The lowest BCUT2D eigenvalue weighted by atomic mass is 10.0. The highest BCUT2D eigenvalue weighted by molar-refractivity contribution is 5.84. The van der Waals surface area contributed by atoms with E-state index in [0.29, 0.717) is 0 Å². The van der Waals surface area contributed by atoms with Crippen LogP contribution in [-0.2, 0) is 25.9 Å². The van der Waals surface area contributed by atoms with E-state index in [1.807, 2.05) is 0 Å². The quantitative estimate of drug-likeness (QED) is 0.163. The number of hydrogen-bond acceptors (Lipinski definition) is 0. The highest BCUT2D eigenvalue weighted by Crippen LogP contribution is 2.20. The van der Waals surface area contributed by atoms with E-state index in [2.05, 4.69) is 204 Å². The van der Waals surface area contributed by atoms with Crippen LogP contribution in [-0.4, -0.2) is 0 Å². The predicted molar refractivity (Wildman–Crippen MR) is 198 cm³/mol. The summed E-state index contributed by atoms with van der Waals surface area (Å²) >= 11 is 0. The molecule has 4 heteroatoms. The van der Waals surface area contributed by atoms with Crippen molar-refractivity contribution in [1.82, 2.24) is 0 Å². The van der Waals surface area contributed by atoms with E-state index < -0.39 is 0 Å². The number of benzene rings is 6. The minimum absolute atomic E-state index is 0. The molecule has 2 nitrogen and oxygen atoms in total. The molecule has 0 unspecified atom stereocenters. The Hall–Kier alpha value is -4.40. The Morgan fingerprint density at radius 2 is 0.600 bits per heavy atom. The van der Waals surface area contributed by atoms with Crippen molar-refractivity contribution in [2.45, 2.75) is 25.9 Å². The molecule has 2 heterocycles. The highest BCUT2D eigenvalue weighted by Gasteiger charge is 2.17. The van der Waals surface area contributed by atoms with E-state index in [-0.39, 0.29) is 48.0 Å². The summed E-state index contributed by atoms with van der Waals surface area (Å²) in [5.41, 5.74) is 8.07. The second kappa shape index (κ2) is 18.6. The third kappa shape index (κ3) is 9.43. The molecule has 0 saturated heterocycles. The van der Waals surface area contributed by atoms with Crippen molar-refractivity contribution in [3.63, 3.8) is 0 Å². The van der Waals surface area contributed by atoms with Crippen LogP contribution >= 0.6 is 0 Å². The Morgan fingerprint density at radius 3 is 0.960 bits per heavy atom. The van der Waals surface area contributed by atoms with Crippen LogP contribution < -0.4 is 57.1 Å². The van der Waals surface area contributed by atoms with Crippen molar-refractivity contribution >= 4 is 21.5 Å². The molecule has 8 aromatic rings. The molecule has 0 aliphatic heterocycles. The van der Waals surface area contributed by atoms with Gasteiger partial charge in [-0.1, -0.05) is 158 Å². The molecule has 0 fully saturated rings. The van der Waals surface area contributed by atoms with Gasteiger partial charge in [0.1, 0.15) is 0 Å². The molecule has 2 aromatic heterocycles. The molecule has 0 saturated carbocycles. The number of aromatic nitrogens is 2. The Labute approximate surface area is 330 Å². The van der Waals surface area contributed by atoms with Crippen LogP contribution in [0.3, 0.4) is 0 Å². The molecule has 50 heavy (non-hydrogen) atoms. The van der Waals surface area contributed by atoms with Crippen molar-refractivity contribution in [3.8, 4) is 0 Å². The molecule has 0 bridgehead atoms. The SMILES string of the molecule is [I-].[I-].c1ccc(Cc2c3ccccc3cc[n+]2Cc2ccccc2)cc1.c1ccc(Cc2c3ccccc3cc[n+]2Cc2ccccc2)cc1. The van der Waals surface area contributed by atoms with Crippen molar-refractivity contribution in [1.29, 1.82) is 0 Å². The predicted octanol–water partition coefficient (Wildman–Crippen LogP) is 3.54. The third-order valence-corrected chi connectivity index (χ3v) is 8.93. The van der Waals surface area contributed by atoms with Gasteiger partial charge in [0, 0.05) is 34.0 Å². The van der Waals surface area contributed by atoms with E-state index in [9.17, 15) is 0 Å². The normalized spacial score (nSPS) is 10.4. The van der Waals surface area contributed by atoms with E-state index in [4.69, 9.17) is 0 Å². The summed E-state index contributed by atoms with van der Waals surface area (Å²) < 4.78 is 4.76. The van der Waals surface area contributed by atoms with Gasteiger partial charge in [-0.25, -0.2) is 0 Å². The molecule has 0 atom stereocenters. The summed E-state index contributed by atoms with van der Waals surface area (Å²) in [5, 5.41) is 5.26. The molecule has 0 amide bonds. The summed E-state index contributed by atoms with van der Waals surface area (Å²) in [6.45, 7) is 1.79. The van der Waals surface area contributed by atoms with Gasteiger partial charge in [0.15, 0.2) is 36.9 Å². The van der Waals surface area contributed by atoms with Gasteiger partial charge >= 0.3 is 0 Å². The first-order chi connectivity index (χ1) is 23.8. The first kappa shape index (κ1) is 36.9. The van der Waals surface area contributed by atoms with Gasteiger partial charge in [0.25, 0.3) is 0 Å². The van der Waals surface area contributed by atoms with Crippen LogP contribution in [0.5, 0.6) is 0 Å². The number of rotatable bonds is 8. The number of nitrogens with zero attached hydrogens (tertiary/aromatic N) is 2. The van der Waals surface area contributed by atoms with E-state index in [1.165, 1.54) is 55.2 Å². The van der Waals surface area contributed by atoms with Gasteiger partial charge in [-0.2, -0.15) is 9.13 Å². The molecule has 0 aliphatic carbocycles. The molecule has 0 radical (unpaired) electrons. The summed E-state index contributed by atoms with van der Waals surface area (Å²) in [7, 11) is 0. The first-order valence-corrected chi connectivity index (χ1v) is 16.8. The van der Waals surface area contributed by atoms with Crippen molar-refractivity contribution < 1.29 is 57.1 Å². The maximum absolute atomic E-state index is 2.38. The summed E-state index contributed by atoms with van der Waals surface area (Å²) in [5.74, 6) is 0. The van der Waals surface area contributed by atoms with Crippen molar-refractivity contribution in [2.24, 2.45) is 0 Å². The van der Waals surface area contributed by atoms with Crippen LogP contribution in [0.15, 0.2) is 194 Å². The molecular weight excluding hydrogens is 834 g/mol. The van der Waals surface area contributed by atoms with E-state index in [1.54, 1.807) is 0 Å². The average Bonchev–Trinajstić information content (AvgIpc) is 3.15. The number of hydrogen-bond donors (Lipinski definition) is 0. The van der Waals surface area contributed by atoms with Crippen LogP contribution in [0.1, 0.15) is 33.6 Å². The highest BCUT2D eigenvalue weighted by atomic mass is 127. The number of pyridine rings is 2. The fraction of sp³-hybridized carbons (Fsp3) is 0.0870. The fourth-order valence-electron chi connectivity index (χ4n) is 6.47. The third-order valence-electron chi connectivity index (χ3n) is 8.93. The maximum Gasteiger partial charge on any atom is 0.193 e. The van der Waals surface area contributed by atoms with Gasteiger partial charge < -0.3 is 48.0 Å². The zero-order valence-electron chi connectivity index (χ0n) is 28.0. The van der Waals surface area contributed by atoms with Gasteiger partial charge in [-0.3, -0.25) is 0 Å². The van der Waals surface area contributed by atoms with Crippen LogP contribution in [0.2, 0.25) is 0 Å². The zero-order chi connectivity index (χ0) is 32.4. The van der Waals surface area contributed by atoms with Crippen LogP contribution in [0, 0.1) is 0 Å². The van der Waals surface area contributed by atoms with Gasteiger partial charge in [0.2, 0.25) is 0 Å². The lowest BCUT2D eigenvalue weighted by Crippen LogP contribution is -3.00. The standard InChI is InChI=1S/2C23H20N.2HI/c2*1-3-9-19(10-4-1)17-23-22-14-8-7-13-21(22)15-16-24(23)18-20-11-5-2-6-12-20;;/h2*1-16H,17-18H2;2*1H/q2*+1;;/p-2. The summed E-state index contributed by atoms with van der Waals surface area (Å²) in [4.78, 5) is 0. The Bertz CT molecular complexity index is 2060. The minimum Gasteiger partial charge on any atom is -1.00 e. The van der Waals surface area contributed by atoms with E-state index >= 15 is 0 Å². The molecule has 0 N–H and O–H groups in total. The lowest BCUT2D eigenvalue weighted by molar-refractivity contribution is -0.694. The Balaban J connectivity index is 0.000000187. The lowest BCUT2D eigenvalue weighted by Gasteiger charge is -2.08. The Kier molecular flexibility index (Phi) is 13.7. The maximum atomic E-state index is 2.38. The van der Waals surface area contributed by atoms with Crippen molar-refractivity contribution in [2.75, 3.05) is 0 Å². The monoisotopic (exact) mass is 874 g/mol. The minimum atomic E-state index is 0. The zero-order valence-corrected chi connectivity index (χ0v) is 32.3. The first-order valence-electron chi connectivity index (χ1n) is 16.8. The molecular formula is C46H40I2N2. The fourth-order valence-corrected chi connectivity index (χ4v) is 6.47. The van der Waals surface area contributed by atoms with Gasteiger partial charge in [0.05, 0.1) is 12.8 Å². The van der Waals surface area contributed by atoms with E-state index in [0.717, 1.165) is 25.9 Å². The molecule has 0 spiro atoms. The molecule has 248 valence electrons. The van der Waals surface area contributed by atoms with Crippen molar-refractivity contribution in [3.05, 3.63) is 228 Å². The topological polar surface area (TPSA) is 7.76 Å². The molecule has 6 aromatic carbocycles. The second-order valence-corrected chi connectivity index (χ2v) is 12.3. The Morgan fingerprint density at radius 1 is 0.300 bits per heavy atom. The number of fused-ring (bicyclic) bond motifs is 2. The average molecular weight is 875 g/mol. The van der Waals surface area contributed by atoms with Gasteiger partial charge in [-0.05, 0) is 34.0 Å². The van der Waals surface area contributed by atoms with Gasteiger partial charge in [-0.15, -0.1) is 0 Å². The number of halogens is 2. The van der Waals surface area contributed by atoms with Crippen LogP contribution in [0.25, 0.3) is 21.5 Å².